The Morgan fingerprint density at radius 1 is 1.38 bits per heavy atom. The Morgan fingerprint density at radius 3 is 3.04 bits per heavy atom. The Hall–Kier alpha value is -1.93. The van der Waals surface area contributed by atoms with Crippen molar-refractivity contribution < 1.29 is 9.90 Å². The molecule has 130 valence electrons. The molecule has 0 saturated heterocycles. The first-order chi connectivity index (χ1) is 11.6. The van der Waals surface area contributed by atoms with E-state index >= 15 is 0 Å². The van der Waals surface area contributed by atoms with Crippen LogP contribution in [0.4, 0.5) is 4.79 Å². The van der Waals surface area contributed by atoms with E-state index in [9.17, 15) is 9.90 Å². The number of fused-ring (bicyclic) bond motifs is 1. The summed E-state index contributed by atoms with van der Waals surface area (Å²) in [5, 5.41) is 26.2. The molecule has 0 bridgehead atoms. The highest BCUT2D eigenvalue weighted by Crippen LogP contribution is 2.24. The number of aryl methyl sites for hydroxylation is 1. The first-order valence-corrected chi connectivity index (χ1v) is 9.13. The number of nitrogens with zero attached hydrogens (tertiary/aromatic N) is 3. The van der Waals surface area contributed by atoms with E-state index in [1.54, 1.807) is 6.92 Å². The topological polar surface area (TPSA) is 92.1 Å². The van der Waals surface area contributed by atoms with Crippen LogP contribution in [0.1, 0.15) is 42.7 Å². The number of amides is 2. The normalized spacial score (nSPS) is 16.8. The predicted octanol–water partition coefficient (Wildman–Crippen LogP) is 1.77. The Bertz CT molecular complexity index is 681. The van der Waals surface area contributed by atoms with Gasteiger partial charge in [-0.1, -0.05) is 12.5 Å². The molecule has 2 amide bonds. The minimum Gasteiger partial charge on any atom is -0.383 e. The Morgan fingerprint density at radius 2 is 2.25 bits per heavy atom. The molecule has 24 heavy (non-hydrogen) atoms. The number of carbonyl (C=O) groups excluding carboxylic acids is 1. The van der Waals surface area contributed by atoms with Gasteiger partial charge in [0.1, 0.15) is 11.4 Å². The Balaban J connectivity index is 1.50. The molecular formula is C16H23N5O2S. The fourth-order valence-corrected chi connectivity index (χ4v) is 3.61. The highest BCUT2D eigenvalue weighted by atomic mass is 32.1. The number of hydrogen-bond acceptors (Lipinski definition) is 5. The third-order valence-corrected chi connectivity index (χ3v) is 5.36. The first-order valence-electron chi connectivity index (χ1n) is 8.25. The van der Waals surface area contributed by atoms with E-state index in [0.717, 1.165) is 42.3 Å². The second-order valence-corrected chi connectivity index (χ2v) is 7.23. The van der Waals surface area contributed by atoms with Gasteiger partial charge in [0.25, 0.3) is 0 Å². The molecule has 3 heterocycles. The van der Waals surface area contributed by atoms with Gasteiger partial charge in [0.2, 0.25) is 0 Å². The summed E-state index contributed by atoms with van der Waals surface area (Å²) in [5.74, 6) is 1.79. The van der Waals surface area contributed by atoms with E-state index in [1.807, 2.05) is 17.5 Å². The number of urea groups is 1. The molecular weight excluding hydrogens is 326 g/mol. The number of aromatic nitrogens is 3. The number of nitrogens with one attached hydrogen (secondary N) is 2. The average molecular weight is 349 g/mol. The maximum atomic E-state index is 12.0. The van der Waals surface area contributed by atoms with Gasteiger partial charge in [-0.3, -0.25) is 0 Å². The molecule has 0 aromatic carbocycles. The molecule has 3 rings (SSSR count). The van der Waals surface area contributed by atoms with Crippen molar-refractivity contribution in [3.05, 3.63) is 34.0 Å². The lowest BCUT2D eigenvalue weighted by molar-refractivity contribution is 0.0631. The molecule has 1 unspecified atom stereocenters. The van der Waals surface area contributed by atoms with Crippen molar-refractivity contribution in [2.75, 3.05) is 6.54 Å². The van der Waals surface area contributed by atoms with Crippen LogP contribution < -0.4 is 10.6 Å². The third kappa shape index (κ3) is 3.93. The van der Waals surface area contributed by atoms with Crippen molar-refractivity contribution in [3.8, 4) is 0 Å². The molecule has 3 N–H and O–H groups in total. The zero-order valence-corrected chi connectivity index (χ0v) is 14.6. The number of aliphatic hydroxyl groups is 1. The molecule has 1 atom stereocenters. The first kappa shape index (κ1) is 16.9. The minimum absolute atomic E-state index is 0.150. The van der Waals surface area contributed by atoms with E-state index in [2.05, 4.69) is 25.4 Å². The van der Waals surface area contributed by atoms with E-state index < -0.39 is 5.60 Å². The van der Waals surface area contributed by atoms with Crippen LogP contribution in [0, 0.1) is 0 Å². The van der Waals surface area contributed by atoms with E-state index in [1.165, 1.54) is 17.8 Å². The lowest BCUT2D eigenvalue weighted by Crippen LogP contribution is -2.43. The summed E-state index contributed by atoms with van der Waals surface area (Å²) < 4.78 is 2.11. The van der Waals surface area contributed by atoms with Gasteiger partial charge in [-0.2, -0.15) is 0 Å². The van der Waals surface area contributed by atoms with Gasteiger partial charge in [0, 0.05) is 17.8 Å². The van der Waals surface area contributed by atoms with Crippen LogP contribution in [0.5, 0.6) is 0 Å². The summed E-state index contributed by atoms with van der Waals surface area (Å²) >= 11 is 1.47. The summed E-state index contributed by atoms with van der Waals surface area (Å²) in [5.41, 5.74) is -1.07. The Kier molecular flexibility index (Phi) is 5.15. The van der Waals surface area contributed by atoms with Gasteiger partial charge in [-0.15, -0.1) is 21.5 Å². The fraction of sp³-hybridized carbons (Fsp3) is 0.562. The molecule has 0 radical (unpaired) electrons. The van der Waals surface area contributed by atoms with Crippen molar-refractivity contribution in [1.29, 1.82) is 0 Å². The lowest BCUT2D eigenvalue weighted by atomic mass is 10.1. The maximum absolute atomic E-state index is 12.0. The van der Waals surface area contributed by atoms with Crippen LogP contribution in [0.2, 0.25) is 0 Å². The average Bonchev–Trinajstić information content (AvgIpc) is 3.17. The van der Waals surface area contributed by atoms with Gasteiger partial charge in [-0.05, 0) is 31.2 Å². The molecule has 2 aromatic heterocycles. The van der Waals surface area contributed by atoms with Crippen molar-refractivity contribution in [3.63, 3.8) is 0 Å². The van der Waals surface area contributed by atoms with Crippen LogP contribution >= 0.6 is 11.3 Å². The van der Waals surface area contributed by atoms with Crippen LogP contribution in [0.15, 0.2) is 17.5 Å². The quantitative estimate of drug-likeness (QED) is 0.767. The summed E-state index contributed by atoms with van der Waals surface area (Å²) in [6.45, 7) is 3.09. The van der Waals surface area contributed by atoms with Crippen molar-refractivity contribution >= 4 is 17.4 Å². The molecule has 8 heteroatoms. The van der Waals surface area contributed by atoms with Crippen LogP contribution in [0.3, 0.4) is 0 Å². The van der Waals surface area contributed by atoms with E-state index in [4.69, 9.17) is 0 Å². The number of rotatable bonds is 5. The largest absolute Gasteiger partial charge is 0.383 e. The number of carbonyl (C=O) groups is 1. The van der Waals surface area contributed by atoms with Crippen LogP contribution in [-0.2, 0) is 25.1 Å². The van der Waals surface area contributed by atoms with Crippen molar-refractivity contribution in [2.45, 2.75) is 51.3 Å². The van der Waals surface area contributed by atoms with Crippen molar-refractivity contribution in [1.82, 2.24) is 25.4 Å². The monoisotopic (exact) mass is 349 g/mol. The van der Waals surface area contributed by atoms with E-state index in [-0.39, 0.29) is 12.6 Å². The highest BCUT2D eigenvalue weighted by molar-refractivity contribution is 7.10. The molecule has 0 spiro atoms. The summed E-state index contributed by atoms with van der Waals surface area (Å²) in [4.78, 5) is 12.8. The van der Waals surface area contributed by atoms with Gasteiger partial charge >= 0.3 is 6.03 Å². The smallest absolute Gasteiger partial charge is 0.315 e. The van der Waals surface area contributed by atoms with Gasteiger partial charge < -0.3 is 20.3 Å². The highest BCUT2D eigenvalue weighted by Gasteiger charge is 2.25. The van der Waals surface area contributed by atoms with Gasteiger partial charge in [-0.25, -0.2) is 4.79 Å². The zero-order chi connectivity index (χ0) is 17.0. The number of thiophene rings is 1. The molecule has 1 aliphatic rings. The van der Waals surface area contributed by atoms with Crippen LogP contribution in [0.25, 0.3) is 0 Å². The SMILES string of the molecule is CC(O)(CNC(=O)NCc1nnc2n1CCCCC2)c1cccs1. The summed E-state index contributed by atoms with van der Waals surface area (Å²) in [7, 11) is 0. The molecule has 0 saturated carbocycles. The van der Waals surface area contributed by atoms with E-state index in [0.29, 0.717) is 6.54 Å². The molecule has 7 nitrogen and oxygen atoms in total. The molecule has 1 aliphatic heterocycles. The molecule has 0 aliphatic carbocycles. The third-order valence-electron chi connectivity index (χ3n) is 4.24. The maximum Gasteiger partial charge on any atom is 0.315 e. The fourth-order valence-electron chi connectivity index (χ4n) is 2.82. The number of hydrogen-bond donors (Lipinski definition) is 3. The lowest BCUT2D eigenvalue weighted by Gasteiger charge is -2.22. The molecule has 0 fully saturated rings. The molecule has 2 aromatic rings. The van der Waals surface area contributed by atoms with Crippen molar-refractivity contribution in [2.24, 2.45) is 0 Å². The van der Waals surface area contributed by atoms with Crippen LogP contribution in [-0.4, -0.2) is 32.4 Å². The summed E-state index contributed by atoms with van der Waals surface area (Å²) in [6.07, 6.45) is 4.41. The Labute approximate surface area is 145 Å². The minimum atomic E-state index is -1.07. The second kappa shape index (κ2) is 7.31. The van der Waals surface area contributed by atoms with Gasteiger partial charge in [0.05, 0.1) is 13.1 Å². The predicted molar refractivity (Wildman–Crippen MR) is 91.7 cm³/mol. The second-order valence-electron chi connectivity index (χ2n) is 6.28. The standard InChI is InChI=1S/C16H23N5O2S/c1-16(23,12-6-5-9-24-12)11-18-15(22)17-10-14-20-19-13-7-3-2-4-8-21(13)14/h5-6,9,23H,2-4,7-8,10-11H2,1H3,(H2,17,18,22). The summed E-state index contributed by atoms with van der Waals surface area (Å²) in [6, 6.07) is 3.42. The zero-order valence-electron chi connectivity index (χ0n) is 13.8. The van der Waals surface area contributed by atoms with Gasteiger partial charge in [0.15, 0.2) is 5.82 Å².